The van der Waals surface area contributed by atoms with Gasteiger partial charge in [0.2, 0.25) is 0 Å². The second kappa shape index (κ2) is 3.16. The van der Waals surface area contributed by atoms with Crippen molar-refractivity contribution in [2.24, 2.45) is 0 Å². The van der Waals surface area contributed by atoms with E-state index in [-0.39, 0.29) is 12.4 Å². The van der Waals surface area contributed by atoms with Crippen molar-refractivity contribution < 1.29 is 22.6 Å². The predicted octanol–water partition coefficient (Wildman–Crippen LogP) is -0.299. The molecule has 0 rings (SSSR count). The summed E-state index contributed by atoms with van der Waals surface area (Å²) in [6.45, 7) is 0. The Labute approximate surface area is 46.2 Å². The minimum atomic E-state index is -4.61. The third-order valence-corrected chi connectivity index (χ3v) is 0.283. The van der Waals surface area contributed by atoms with Gasteiger partial charge in [-0.1, -0.05) is 4.33 Å². The Kier molecular flexibility index (Phi) is 4.60. The van der Waals surface area contributed by atoms with Gasteiger partial charge in [0.05, 0.1) is 0 Å². The maximum absolute atomic E-state index is 9.08. The molecule has 0 aliphatic heterocycles. The van der Waals surface area contributed by atoms with Gasteiger partial charge in [-0.3, -0.25) is 4.55 Å². The van der Waals surface area contributed by atoms with Gasteiger partial charge < -0.3 is 0 Å². The molecule has 0 amide bonds. The van der Waals surface area contributed by atoms with Crippen LogP contribution in [0.4, 0.5) is 0 Å². The van der Waals surface area contributed by atoms with E-state index < -0.39 is 10.4 Å². The zero-order valence-electron chi connectivity index (χ0n) is 2.94. The first kappa shape index (κ1) is 10.2. The zero-order valence-corrected chi connectivity index (χ0v) is 4.57. The number of rotatable bonds is 1. The third kappa shape index (κ3) is 10.7. The lowest BCUT2D eigenvalue weighted by molar-refractivity contribution is -0.139. The van der Waals surface area contributed by atoms with Gasteiger partial charge in [0.25, 0.3) is 0 Å². The molecule has 0 atom stereocenters. The van der Waals surface area contributed by atoms with Crippen LogP contribution in [-0.2, 0) is 14.7 Å². The van der Waals surface area contributed by atoms with E-state index in [4.69, 9.17) is 18.2 Å². The van der Waals surface area contributed by atoms with E-state index in [1.807, 2.05) is 0 Å². The Bertz CT molecular complexity index is 110. The lowest BCUT2D eigenvalue weighted by atomic mass is 15.0. The Hall–Kier alpha value is 0.120. The largest absolute Gasteiger partial charge is 0.423 e. The van der Waals surface area contributed by atoms with E-state index in [9.17, 15) is 0 Å². The number of halogens is 1. The molecule has 0 aromatic heterocycles. The molecule has 0 bridgehead atoms. The number of hydrogen-bond donors (Lipinski definition) is 2. The van der Waals surface area contributed by atoms with E-state index in [1.54, 1.807) is 0 Å². The fourth-order valence-corrected chi connectivity index (χ4v) is 0. The molecule has 7 heteroatoms. The highest BCUT2D eigenvalue weighted by atomic mass is 35.5. The standard InChI is InChI=1S/ClH.H2O5S/c;1-5-6(2,3)4/h1H;1H,(H,2,3,4). The molecule has 46 valence electrons. The summed E-state index contributed by atoms with van der Waals surface area (Å²) in [4.78, 5) is 0. The summed E-state index contributed by atoms with van der Waals surface area (Å²) in [7, 11) is -4.61. The minimum absolute atomic E-state index is 0. The monoisotopic (exact) mass is 150 g/mol. The molecule has 0 heterocycles. The molecule has 0 radical (unpaired) electrons. The average molecular weight is 151 g/mol. The molecule has 0 spiro atoms. The van der Waals surface area contributed by atoms with Gasteiger partial charge in [0, 0.05) is 0 Å². The maximum Gasteiger partial charge on any atom is 0.423 e. The first-order chi connectivity index (χ1) is 2.56. The molecule has 0 aromatic rings. The number of hydrogen-bond acceptors (Lipinski definition) is 4. The predicted molar refractivity (Wildman–Crippen MR) is 22.5 cm³/mol. The quantitative estimate of drug-likeness (QED) is 0.305. The summed E-state index contributed by atoms with van der Waals surface area (Å²) < 4.78 is 28.0. The highest BCUT2D eigenvalue weighted by Gasteiger charge is 1.97. The lowest BCUT2D eigenvalue weighted by Gasteiger charge is -1.79. The Morgan fingerprint density at radius 3 is 1.57 bits per heavy atom. The van der Waals surface area contributed by atoms with Gasteiger partial charge in [-0.25, -0.2) is 5.26 Å². The molecule has 0 saturated heterocycles. The molecule has 0 aromatic carbocycles. The first-order valence-corrected chi connectivity index (χ1v) is 2.23. The highest BCUT2D eigenvalue weighted by Crippen LogP contribution is 1.74. The van der Waals surface area contributed by atoms with Crippen molar-refractivity contribution in [3.63, 3.8) is 0 Å². The van der Waals surface area contributed by atoms with Gasteiger partial charge >= 0.3 is 10.4 Å². The van der Waals surface area contributed by atoms with Crippen molar-refractivity contribution in [1.29, 1.82) is 0 Å². The van der Waals surface area contributed by atoms with Gasteiger partial charge in [-0.2, -0.15) is 8.42 Å². The van der Waals surface area contributed by atoms with Crippen LogP contribution >= 0.6 is 12.4 Å². The van der Waals surface area contributed by atoms with Gasteiger partial charge in [-0.05, 0) is 0 Å². The second-order valence-corrected chi connectivity index (χ2v) is 1.51. The maximum atomic E-state index is 9.08. The summed E-state index contributed by atoms with van der Waals surface area (Å²) in [5.74, 6) is 0. The van der Waals surface area contributed by atoms with Crippen LogP contribution in [0.15, 0.2) is 0 Å². The van der Waals surface area contributed by atoms with E-state index >= 15 is 0 Å². The van der Waals surface area contributed by atoms with E-state index in [0.717, 1.165) is 0 Å². The van der Waals surface area contributed by atoms with E-state index in [0.29, 0.717) is 0 Å². The van der Waals surface area contributed by atoms with Crippen LogP contribution in [0.2, 0.25) is 0 Å². The van der Waals surface area contributed by atoms with Crippen molar-refractivity contribution in [1.82, 2.24) is 0 Å². The summed E-state index contributed by atoms with van der Waals surface area (Å²) in [5, 5.41) is 7.06. The summed E-state index contributed by atoms with van der Waals surface area (Å²) in [6.07, 6.45) is 0. The van der Waals surface area contributed by atoms with E-state index in [2.05, 4.69) is 4.33 Å². The molecule has 0 fully saturated rings. The zero-order chi connectivity index (χ0) is 5.21. The Morgan fingerprint density at radius 1 is 1.43 bits per heavy atom. The fourth-order valence-electron chi connectivity index (χ4n) is 0. The molecule has 0 aliphatic rings. The Balaban J connectivity index is 0. The average Bonchev–Trinajstić information content (AvgIpc) is 1.35. The van der Waals surface area contributed by atoms with Gasteiger partial charge in [0.15, 0.2) is 0 Å². The van der Waals surface area contributed by atoms with Crippen molar-refractivity contribution >= 4 is 22.8 Å². The van der Waals surface area contributed by atoms with Crippen molar-refractivity contribution in [2.45, 2.75) is 0 Å². The van der Waals surface area contributed by atoms with Crippen molar-refractivity contribution in [3.05, 3.63) is 0 Å². The van der Waals surface area contributed by atoms with Gasteiger partial charge in [0.1, 0.15) is 0 Å². The van der Waals surface area contributed by atoms with Gasteiger partial charge in [-0.15, -0.1) is 12.4 Å². The smallest absolute Gasteiger partial charge is 0.262 e. The van der Waals surface area contributed by atoms with Crippen LogP contribution in [0.1, 0.15) is 0 Å². The molecule has 0 aliphatic carbocycles. The van der Waals surface area contributed by atoms with Crippen LogP contribution in [-0.4, -0.2) is 18.2 Å². The van der Waals surface area contributed by atoms with Crippen LogP contribution in [0, 0.1) is 0 Å². The molecule has 0 saturated carbocycles. The molecular formula is H3ClO5S. The summed E-state index contributed by atoms with van der Waals surface area (Å²) in [5.41, 5.74) is 0. The highest BCUT2D eigenvalue weighted by molar-refractivity contribution is 7.80. The third-order valence-electron chi connectivity index (χ3n) is 0.0942. The topological polar surface area (TPSA) is 83.8 Å². The van der Waals surface area contributed by atoms with Crippen molar-refractivity contribution in [2.75, 3.05) is 0 Å². The second-order valence-electron chi connectivity index (χ2n) is 0.502. The molecule has 5 nitrogen and oxygen atoms in total. The molecule has 0 unspecified atom stereocenters. The fraction of sp³-hybridized carbons (Fsp3) is 0. The van der Waals surface area contributed by atoms with E-state index in [1.165, 1.54) is 0 Å². The first-order valence-electron chi connectivity index (χ1n) is 0.865. The summed E-state index contributed by atoms with van der Waals surface area (Å²) in [6, 6.07) is 0. The normalized spacial score (nSPS) is 10.0. The molecular weight excluding hydrogens is 148 g/mol. The minimum Gasteiger partial charge on any atom is -0.262 e. The Morgan fingerprint density at radius 2 is 1.57 bits per heavy atom. The molecule has 2 N–H and O–H groups in total. The summed E-state index contributed by atoms with van der Waals surface area (Å²) >= 11 is 0. The lowest BCUT2D eigenvalue weighted by Crippen LogP contribution is -1.97. The van der Waals surface area contributed by atoms with Crippen LogP contribution in [0.25, 0.3) is 0 Å². The van der Waals surface area contributed by atoms with Crippen LogP contribution in [0.3, 0.4) is 0 Å². The SMILES string of the molecule is Cl.O=S(=O)(O)OO. The molecule has 7 heavy (non-hydrogen) atoms. The van der Waals surface area contributed by atoms with Crippen LogP contribution in [0.5, 0.6) is 0 Å². The van der Waals surface area contributed by atoms with Crippen molar-refractivity contribution in [3.8, 4) is 0 Å². The van der Waals surface area contributed by atoms with Crippen LogP contribution < -0.4 is 0 Å².